The van der Waals surface area contributed by atoms with Gasteiger partial charge in [0.05, 0.1) is 28.4 Å². The average molecular weight is 346 g/mol. The zero-order valence-electron chi connectivity index (χ0n) is 12.7. The van der Waals surface area contributed by atoms with Crippen LogP contribution in [0.4, 0.5) is 4.39 Å². The highest BCUT2D eigenvalue weighted by Gasteiger charge is 2.14. The van der Waals surface area contributed by atoms with E-state index in [9.17, 15) is 9.18 Å². The van der Waals surface area contributed by atoms with Gasteiger partial charge in [0.2, 0.25) is 5.95 Å². The molecule has 0 atom stereocenters. The summed E-state index contributed by atoms with van der Waals surface area (Å²) in [6, 6.07) is 8.38. The van der Waals surface area contributed by atoms with E-state index in [4.69, 9.17) is 22.1 Å². The fraction of sp³-hybridized carbons (Fsp3) is 0.118. The van der Waals surface area contributed by atoms with Crippen LogP contribution in [0.3, 0.4) is 0 Å². The number of pyridine rings is 2. The van der Waals surface area contributed by atoms with Crippen molar-refractivity contribution in [3.8, 4) is 11.1 Å². The van der Waals surface area contributed by atoms with Crippen LogP contribution in [0, 0.1) is 5.95 Å². The van der Waals surface area contributed by atoms with Crippen LogP contribution < -0.4 is 5.73 Å². The van der Waals surface area contributed by atoms with E-state index in [2.05, 4.69) is 9.97 Å². The first-order valence-corrected chi connectivity index (χ1v) is 7.42. The standard InChI is InChI=1S/C17H13ClFN3O2/c1-24-8-10-3-4-11(16(19)22-10)9-2-5-14-12(6-9)15(18)13(7-21-14)17(20)23/h2-7H,8H2,1H3,(H2,20,23). The molecule has 1 aromatic carbocycles. The molecule has 1 amide bonds. The molecule has 0 aliphatic rings. The third-order valence-corrected chi connectivity index (χ3v) is 3.98. The molecule has 0 aliphatic heterocycles. The predicted octanol–water partition coefficient (Wildman–Crippen LogP) is 3.33. The van der Waals surface area contributed by atoms with E-state index in [1.807, 2.05) is 0 Å². The van der Waals surface area contributed by atoms with E-state index in [1.165, 1.54) is 13.3 Å². The summed E-state index contributed by atoms with van der Waals surface area (Å²) >= 11 is 6.24. The summed E-state index contributed by atoms with van der Waals surface area (Å²) in [6.07, 6.45) is 1.33. The van der Waals surface area contributed by atoms with E-state index in [0.717, 1.165) is 0 Å². The number of aromatic nitrogens is 2. The molecule has 0 saturated heterocycles. The van der Waals surface area contributed by atoms with Gasteiger partial charge in [-0.15, -0.1) is 0 Å². The van der Waals surface area contributed by atoms with Crippen molar-refractivity contribution in [3.63, 3.8) is 0 Å². The Morgan fingerprint density at radius 3 is 2.79 bits per heavy atom. The normalized spacial score (nSPS) is 11.0. The highest BCUT2D eigenvalue weighted by Crippen LogP contribution is 2.31. The summed E-state index contributed by atoms with van der Waals surface area (Å²) in [5, 5.41) is 0.713. The Morgan fingerprint density at radius 1 is 1.33 bits per heavy atom. The number of nitrogens with zero attached hydrogens (tertiary/aromatic N) is 2. The van der Waals surface area contributed by atoms with Crippen LogP contribution in [0.15, 0.2) is 36.5 Å². The summed E-state index contributed by atoms with van der Waals surface area (Å²) in [5.74, 6) is -1.28. The van der Waals surface area contributed by atoms with Crippen LogP contribution in [0.1, 0.15) is 16.1 Å². The topological polar surface area (TPSA) is 78.1 Å². The van der Waals surface area contributed by atoms with Gasteiger partial charge in [-0.25, -0.2) is 4.98 Å². The van der Waals surface area contributed by atoms with Gasteiger partial charge >= 0.3 is 0 Å². The number of carbonyl (C=O) groups excluding carboxylic acids is 1. The fourth-order valence-electron chi connectivity index (χ4n) is 2.42. The number of amides is 1. The van der Waals surface area contributed by atoms with Gasteiger partial charge in [-0.05, 0) is 29.8 Å². The maximum Gasteiger partial charge on any atom is 0.251 e. The highest BCUT2D eigenvalue weighted by atomic mass is 35.5. The SMILES string of the molecule is COCc1ccc(-c2ccc3ncc(C(N)=O)c(Cl)c3c2)c(F)n1. The Balaban J connectivity index is 2.14. The molecule has 7 heteroatoms. The molecule has 0 saturated carbocycles. The molecule has 2 aromatic heterocycles. The number of hydrogen-bond acceptors (Lipinski definition) is 4. The van der Waals surface area contributed by atoms with Crippen LogP contribution in [0.25, 0.3) is 22.0 Å². The lowest BCUT2D eigenvalue weighted by atomic mass is 10.0. The lowest BCUT2D eigenvalue weighted by Crippen LogP contribution is -2.12. The Morgan fingerprint density at radius 2 is 2.12 bits per heavy atom. The van der Waals surface area contributed by atoms with E-state index < -0.39 is 11.9 Å². The first-order valence-electron chi connectivity index (χ1n) is 7.04. The second-order valence-corrected chi connectivity index (χ2v) is 5.53. The molecule has 5 nitrogen and oxygen atoms in total. The van der Waals surface area contributed by atoms with E-state index in [0.29, 0.717) is 27.7 Å². The molecule has 0 fully saturated rings. The van der Waals surface area contributed by atoms with Gasteiger partial charge in [0.15, 0.2) is 0 Å². The number of fused-ring (bicyclic) bond motifs is 1. The van der Waals surface area contributed by atoms with Gasteiger partial charge in [0.1, 0.15) is 0 Å². The summed E-state index contributed by atoms with van der Waals surface area (Å²) in [4.78, 5) is 19.4. The van der Waals surface area contributed by atoms with Gasteiger partial charge in [0, 0.05) is 24.3 Å². The predicted molar refractivity (Wildman–Crippen MR) is 89.2 cm³/mol. The number of nitrogens with two attached hydrogens (primary N) is 1. The fourth-order valence-corrected chi connectivity index (χ4v) is 2.71. The molecule has 24 heavy (non-hydrogen) atoms. The van der Waals surface area contributed by atoms with Crippen LogP contribution in [0.5, 0.6) is 0 Å². The molecule has 0 aliphatic carbocycles. The van der Waals surface area contributed by atoms with Gasteiger partial charge in [0.25, 0.3) is 5.91 Å². The maximum absolute atomic E-state index is 14.3. The number of halogens is 2. The summed E-state index contributed by atoms with van der Waals surface area (Å²) in [7, 11) is 1.52. The molecule has 3 rings (SSSR count). The number of ether oxygens (including phenoxy) is 1. The molecule has 0 unspecified atom stereocenters. The van der Waals surface area contributed by atoms with Crippen molar-refractivity contribution < 1.29 is 13.9 Å². The van der Waals surface area contributed by atoms with Crippen LogP contribution in [-0.4, -0.2) is 23.0 Å². The number of hydrogen-bond donors (Lipinski definition) is 1. The quantitative estimate of drug-likeness (QED) is 0.736. The van der Waals surface area contributed by atoms with Crippen molar-refractivity contribution in [2.24, 2.45) is 5.73 Å². The number of methoxy groups -OCH3 is 1. The maximum atomic E-state index is 14.3. The van der Waals surface area contributed by atoms with Gasteiger partial charge < -0.3 is 10.5 Å². The van der Waals surface area contributed by atoms with Gasteiger partial charge in [-0.2, -0.15) is 4.39 Å². The third kappa shape index (κ3) is 2.93. The van der Waals surface area contributed by atoms with Crippen molar-refractivity contribution in [1.82, 2.24) is 9.97 Å². The van der Waals surface area contributed by atoms with Crippen molar-refractivity contribution in [2.75, 3.05) is 7.11 Å². The Kier molecular flexibility index (Phi) is 4.42. The molecule has 2 heterocycles. The highest BCUT2D eigenvalue weighted by molar-refractivity contribution is 6.38. The summed E-state index contributed by atoms with van der Waals surface area (Å²) in [5.41, 5.74) is 7.36. The lowest BCUT2D eigenvalue weighted by molar-refractivity contribution is 0.1000. The first kappa shape index (κ1) is 16.3. The molecular formula is C17H13ClFN3O2. The smallest absolute Gasteiger partial charge is 0.251 e. The minimum Gasteiger partial charge on any atom is -0.378 e. The van der Waals surface area contributed by atoms with Crippen LogP contribution in [-0.2, 0) is 11.3 Å². The average Bonchev–Trinajstić information content (AvgIpc) is 2.55. The minimum absolute atomic E-state index is 0.121. The number of primary amides is 1. The first-order chi connectivity index (χ1) is 11.5. The number of carbonyl (C=O) groups is 1. The van der Waals surface area contributed by atoms with Crippen molar-refractivity contribution in [1.29, 1.82) is 0 Å². The molecular weight excluding hydrogens is 333 g/mol. The van der Waals surface area contributed by atoms with Gasteiger partial charge in [-0.1, -0.05) is 17.7 Å². The van der Waals surface area contributed by atoms with E-state index >= 15 is 0 Å². The van der Waals surface area contributed by atoms with Gasteiger partial charge in [-0.3, -0.25) is 9.78 Å². The minimum atomic E-state index is -0.670. The summed E-state index contributed by atoms with van der Waals surface area (Å²) < 4.78 is 19.2. The zero-order chi connectivity index (χ0) is 17.3. The van der Waals surface area contributed by atoms with E-state index in [1.54, 1.807) is 30.3 Å². The largest absolute Gasteiger partial charge is 0.378 e. The molecule has 2 N–H and O–H groups in total. The molecule has 122 valence electrons. The van der Waals surface area contributed by atoms with E-state index in [-0.39, 0.29) is 17.2 Å². The second kappa shape index (κ2) is 6.51. The zero-order valence-corrected chi connectivity index (χ0v) is 13.5. The molecule has 3 aromatic rings. The monoisotopic (exact) mass is 345 g/mol. The van der Waals surface area contributed by atoms with Crippen molar-refractivity contribution >= 4 is 28.4 Å². The molecule has 0 radical (unpaired) electrons. The second-order valence-electron chi connectivity index (χ2n) is 5.16. The van der Waals surface area contributed by atoms with Crippen LogP contribution in [0.2, 0.25) is 5.02 Å². The Labute approximate surface area is 142 Å². The third-order valence-electron chi connectivity index (χ3n) is 3.58. The van der Waals surface area contributed by atoms with Crippen molar-refractivity contribution in [3.05, 3.63) is 58.8 Å². The summed E-state index contributed by atoms with van der Waals surface area (Å²) in [6.45, 7) is 0.229. The Hall–Kier alpha value is -2.57. The molecule has 0 bridgehead atoms. The molecule has 0 spiro atoms. The lowest BCUT2D eigenvalue weighted by Gasteiger charge is -2.08. The van der Waals surface area contributed by atoms with Crippen molar-refractivity contribution in [2.45, 2.75) is 6.61 Å². The number of benzene rings is 1. The Bertz CT molecular complexity index is 947. The number of rotatable bonds is 4. The van der Waals surface area contributed by atoms with Crippen LogP contribution >= 0.6 is 11.6 Å².